The van der Waals surface area contributed by atoms with Crippen LogP contribution in [0, 0.1) is 0 Å². The van der Waals surface area contributed by atoms with Crippen LogP contribution in [0.15, 0.2) is 60.7 Å². The van der Waals surface area contributed by atoms with Gasteiger partial charge in [-0.3, -0.25) is 0 Å². The van der Waals surface area contributed by atoms with Crippen molar-refractivity contribution in [3.8, 4) is 0 Å². The van der Waals surface area contributed by atoms with Gasteiger partial charge >= 0.3 is 0 Å². The van der Waals surface area contributed by atoms with Crippen LogP contribution in [0.5, 0.6) is 0 Å². The van der Waals surface area contributed by atoms with Crippen molar-refractivity contribution >= 4 is 17.2 Å². The molecule has 19 heavy (non-hydrogen) atoms. The zero-order chi connectivity index (χ0) is 13.5. The fraction of sp³-hybridized carbons (Fsp3) is 0.222. The zero-order valence-electron chi connectivity index (χ0n) is 11.3. The molecule has 0 radical (unpaired) electrons. The molecule has 1 heteroatoms. The van der Waals surface area contributed by atoms with Gasteiger partial charge in [-0.25, -0.2) is 0 Å². The predicted molar refractivity (Wildman–Crippen MR) is 84.5 cm³/mol. The van der Waals surface area contributed by atoms with E-state index >= 15 is 0 Å². The number of rotatable bonds is 5. The van der Waals surface area contributed by atoms with Gasteiger partial charge in [-0.2, -0.15) is 0 Å². The summed E-state index contributed by atoms with van der Waals surface area (Å²) in [6.07, 6.45) is 5.90. The first-order valence-corrected chi connectivity index (χ1v) is 7.20. The van der Waals surface area contributed by atoms with Crippen LogP contribution >= 0.6 is 11.6 Å². The van der Waals surface area contributed by atoms with Crippen molar-refractivity contribution in [1.29, 1.82) is 0 Å². The van der Waals surface area contributed by atoms with Gasteiger partial charge < -0.3 is 0 Å². The molecule has 0 heterocycles. The third kappa shape index (κ3) is 3.97. The molecule has 0 aromatic heterocycles. The van der Waals surface area contributed by atoms with Gasteiger partial charge in [0.2, 0.25) is 0 Å². The van der Waals surface area contributed by atoms with Crippen LogP contribution in [0.4, 0.5) is 0 Å². The number of hydrogen-bond donors (Lipinski definition) is 0. The number of allylic oxidation sites excluding steroid dienone is 1. The molecule has 0 fully saturated rings. The van der Waals surface area contributed by atoms with Gasteiger partial charge in [0.25, 0.3) is 0 Å². The van der Waals surface area contributed by atoms with E-state index in [1.165, 1.54) is 29.5 Å². The highest BCUT2D eigenvalue weighted by atomic mass is 35.5. The molecule has 0 amide bonds. The Hall–Kier alpha value is -1.53. The Morgan fingerprint density at radius 3 is 2.21 bits per heavy atom. The van der Waals surface area contributed by atoms with Crippen LogP contribution in [0.25, 0.3) is 5.57 Å². The van der Waals surface area contributed by atoms with Crippen LogP contribution in [-0.4, -0.2) is 0 Å². The van der Waals surface area contributed by atoms with Crippen LogP contribution in [0.1, 0.15) is 37.3 Å². The van der Waals surface area contributed by atoms with Crippen LogP contribution in [-0.2, 0) is 0 Å². The van der Waals surface area contributed by atoms with E-state index in [1.807, 2.05) is 12.1 Å². The molecule has 98 valence electrons. The number of benzene rings is 2. The SMILES string of the molecule is CCCC/C=C(\c1ccccc1)c1ccc(Cl)cc1. The van der Waals surface area contributed by atoms with E-state index in [9.17, 15) is 0 Å². The van der Waals surface area contributed by atoms with Gasteiger partial charge in [0.05, 0.1) is 0 Å². The Kier molecular flexibility index (Phi) is 5.23. The molecule has 0 aliphatic heterocycles. The minimum Gasteiger partial charge on any atom is -0.0843 e. The Labute approximate surface area is 120 Å². The van der Waals surface area contributed by atoms with Crippen LogP contribution in [0.2, 0.25) is 5.02 Å². The minimum absolute atomic E-state index is 0.782. The highest BCUT2D eigenvalue weighted by Gasteiger charge is 2.04. The molecule has 0 atom stereocenters. The smallest absolute Gasteiger partial charge is 0.0406 e. The molecular formula is C18H19Cl. The van der Waals surface area contributed by atoms with Gasteiger partial charge in [0, 0.05) is 5.02 Å². The van der Waals surface area contributed by atoms with Crippen LogP contribution < -0.4 is 0 Å². The summed E-state index contributed by atoms with van der Waals surface area (Å²) in [5.74, 6) is 0. The molecule has 2 aromatic carbocycles. The molecule has 0 spiro atoms. The first-order valence-electron chi connectivity index (χ1n) is 6.83. The van der Waals surface area contributed by atoms with E-state index in [-0.39, 0.29) is 0 Å². The summed E-state index contributed by atoms with van der Waals surface area (Å²) in [5, 5.41) is 0.782. The van der Waals surface area contributed by atoms with E-state index in [2.05, 4.69) is 55.5 Å². The minimum atomic E-state index is 0.782. The molecular weight excluding hydrogens is 252 g/mol. The third-order valence-corrected chi connectivity index (χ3v) is 3.40. The lowest BCUT2D eigenvalue weighted by Crippen LogP contribution is -1.88. The van der Waals surface area contributed by atoms with Crippen molar-refractivity contribution in [3.05, 3.63) is 76.8 Å². The second-order valence-electron chi connectivity index (χ2n) is 4.63. The Morgan fingerprint density at radius 1 is 0.947 bits per heavy atom. The highest BCUT2D eigenvalue weighted by molar-refractivity contribution is 6.30. The second kappa shape index (κ2) is 7.16. The monoisotopic (exact) mass is 270 g/mol. The fourth-order valence-electron chi connectivity index (χ4n) is 2.10. The second-order valence-corrected chi connectivity index (χ2v) is 5.07. The van der Waals surface area contributed by atoms with E-state index in [4.69, 9.17) is 11.6 Å². The van der Waals surface area contributed by atoms with Crippen molar-refractivity contribution in [3.63, 3.8) is 0 Å². The molecule has 2 aromatic rings. The maximum atomic E-state index is 5.97. The van der Waals surface area contributed by atoms with Gasteiger partial charge in [0.1, 0.15) is 0 Å². The predicted octanol–water partition coefficient (Wildman–Crippen LogP) is 5.96. The summed E-state index contributed by atoms with van der Waals surface area (Å²) in [4.78, 5) is 0. The van der Waals surface area contributed by atoms with Gasteiger partial charge in [-0.1, -0.05) is 79.9 Å². The Bertz CT molecular complexity index is 523. The summed E-state index contributed by atoms with van der Waals surface area (Å²) in [7, 11) is 0. The van der Waals surface area contributed by atoms with Gasteiger partial charge in [-0.15, -0.1) is 0 Å². The summed E-state index contributed by atoms with van der Waals surface area (Å²) in [5.41, 5.74) is 3.79. The molecule has 0 aliphatic rings. The largest absolute Gasteiger partial charge is 0.0843 e. The van der Waals surface area contributed by atoms with E-state index in [0.29, 0.717) is 0 Å². The standard InChI is InChI=1S/C18H19Cl/c1-2-3-5-10-18(15-8-6-4-7-9-15)16-11-13-17(19)14-12-16/h4,6-14H,2-3,5H2,1H3/b18-10+. The number of halogens is 1. The molecule has 0 unspecified atom stereocenters. The summed E-state index contributed by atoms with van der Waals surface area (Å²) in [6, 6.07) is 18.6. The average Bonchev–Trinajstić information content (AvgIpc) is 2.46. The zero-order valence-corrected chi connectivity index (χ0v) is 12.0. The molecule has 0 nitrogen and oxygen atoms in total. The molecule has 0 N–H and O–H groups in total. The van der Waals surface area contributed by atoms with Crippen molar-refractivity contribution in [1.82, 2.24) is 0 Å². The van der Waals surface area contributed by atoms with Gasteiger partial charge in [-0.05, 0) is 35.3 Å². The molecule has 2 rings (SSSR count). The maximum absolute atomic E-state index is 5.97. The topological polar surface area (TPSA) is 0 Å². The first kappa shape index (κ1) is 13.9. The Morgan fingerprint density at radius 2 is 1.58 bits per heavy atom. The quantitative estimate of drug-likeness (QED) is 0.588. The van der Waals surface area contributed by atoms with E-state index < -0.39 is 0 Å². The Balaban J connectivity index is 2.34. The normalized spacial score (nSPS) is 11.6. The van der Waals surface area contributed by atoms with E-state index in [0.717, 1.165) is 11.4 Å². The first-order chi connectivity index (χ1) is 9.31. The lowest BCUT2D eigenvalue weighted by Gasteiger charge is -2.09. The highest BCUT2D eigenvalue weighted by Crippen LogP contribution is 2.25. The summed E-state index contributed by atoms with van der Waals surface area (Å²) in [6.45, 7) is 2.22. The van der Waals surface area contributed by atoms with Crippen molar-refractivity contribution in [2.45, 2.75) is 26.2 Å². The van der Waals surface area contributed by atoms with Crippen molar-refractivity contribution in [2.75, 3.05) is 0 Å². The van der Waals surface area contributed by atoms with Crippen molar-refractivity contribution < 1.29 is 0 Å². The lowest BCUT2D eigenvalue weighted by atomic mass is 9.96. The van der Waals surface area contributed by atoms with Crippen molar-refractivity contribution in [2.24, 2.45) is 0 Å². The lowest BCUT2D eigenvalue weighted by molar-refractivity contribution is 0.815. The average molecular weight is 271 g/mol. The molecule has 0 aliphatic carbocycles. The van der Waals surface area contributed by atoms with E-state index in [1.54, 1.807) is 0 Å². The molecule has 0 bridgehead atoms. The summed E-state index contributed by atoms with van der Waals surface area (Å²) >= 11 is 5.97. The number of hydrogen-bond acceptors (Lipinski definition) is 0. The maximum Gasteiger partial charge on any atom is 0.0406 e. The van der Waals surface area contributed by atoms with Crippen LogP contribution in [0.3, 0.4) is 0 Å². The molecule has 0 saturated carbocycles. The fourth-order valence-corrected chi connectivity index (χ4v) is 2.23. The molecule has 0 saturated heterocycles. The summed E-state index contributed by atoms with van der Waals surface area (Å²) < 4.78 is 0. The van der Waals surface area contributed by atoms with Gasteiger partial charge in [0.15, 0.2) is 0 Å². The number of unbranched alkanes of at least 4 members (excludes halogenated alkanes) is 2. The third-order valence-electron chi connectivity index (χ3n) is 3.15.